The lowest BCUT2D eigenvalue weighted by Crippen LogP contribution is -2.38. The molecule has 3 aromatic heterocycles. The van der Waals surface area contributed by atoms with Gasteiger partial charge in [-0.25, -0.2) is 14.8 Å². The third-order valence-corrected chi connectivity index (χ3v) is 4.24. The smallest absolute Gasteiger partial charge is 0.450 e. The van der Waals surface area contributed by atoms with Gasteiger partial charge in [-0.2, -0.15) is 23.4 Å². The molecule has 1 amide bonds. The minimum atomic E-state index is -4.65. The molecule has 13 heteroatoms. The van der Waals surface area contributed by atoms with E-state index in [9.17, 15) is 18.0 Å². The van der Waals surface area contributed by atoms with Gasteiger partial charge in [-0.1, -0.05) is 0 Å². The topological polar surface area (TPSA) is 118 Å². The number of carbonyl (C=O) groups excluding carboxylic acids is 1. The third kappa shape index (κ3) is 3.08. The van der Waals surface area contributed by atoms with E-state index in [4.69, 9.17) is 4.74 Å². The minimum Gasteiger partial charge on any atom is -0.450 e. The minimum absolute atomic E-state index is 0.153. The van der Waals surface area contributed by atoms with Crippen molar-refractivity contribution >= 4 is 6.09 Å². The molecule has 28 heavy (non-hydrogen) atoms. The van der Waals surface area contributed by atoms with Crippen LogP contribution in [0.25, 0.3) is 22.8 Å². The van der Waals surface area contributed by atoms with Crippen molar-refractivity contribution in [2.45, 2.75) is 26.2 Å². The number of nitrogens with zero attached hydrogens (tertiary/aromatic N) is 6. The largest absolute Gasteiger partial charge is 0.451 e. The van der Waals surface area contributed by atoms with Crippen molar-refractivity contribution in [1.82, 2.24) is 39.8 Å². The Morgan fingerprint density at radius 1 is 1.32 bits per heavy atom. The summed E-state index contributed by atoms with van der Waals surface area (Å²) in [5.41, 5.74) is 1.32. The molecule has 148 valence electrons. The van der Waals surface area contributed by atoms with Gasteiger partial charge in [-0.15, -0.1) is 0 Å². The van der Waals surface area contributed by atoms with E-state index in [2.05, 4.69) is 25.3 Å². The Labute approximate surface area is 155 Å². The average Bonchev–Trinajstić information content (AvgIpc) is 3.38. The number of carbonyl (C=O) groups is 1. The molecule has 0 bridgehead atoms. The van der Waals surface area contributed by atoms with E-state index in [1.807, 2.05) is 9.67 Å². The zero-order valence-electron chi connectivity index (χ0n) is 14.6. The number of hydrogen-bond acceptors (Lipinski definition) is 6. The van der Waals surface area contributed by atoms with Gasteiger partial charge in [0.05, 0.1) is 25.0 Å². The van der Waals surface area contributed by atoms with Gasteiger partial charge in [0.1, 0.15) is 11.5 Å². The fraction of sp³-hybridized carbons (Fsp3) is 0.400. The SMILES string of the molecule is CCOC(=O)N1CCn2c(nc(-c3n[nH]c(C(F)(F)F)n3)c2-c2cn[nH]c2)C1. The van der Waals surface area contributed by atoms with Crippen LogP contribution in [0.1, 0.15) is 18.6 Å². The second kappa shape index (κ2) is 6.65. The normalized spacial score (nSPS) is 14.2. The van der Waals surface area contributed by atoms with Crippen LogP contribution in [-0.2, 0) is 24.0 Å². The van der Waals surface area contributed by atoms with Crippen molar-refractivity contribution < 1.29 is 22.7 Å². The summed E-state index contributed by atoms with van der Waals surface area (Å²) in [6.45, 7) is 2.86. The Morgan fingerprint density at radius 3 is 2.79 bits per heavy atom. The zero-order chi connectivity index (χ0) is 19.9. The number of aromatic nitrogens is 7. The van der Waals surface area contributed by atoms with E-state index >= 15 is 0 Å². The lowest BCUT2D eigenvalue weighted by molar-refractivity contribution is -0.144. The fourth-order valence-corrected chi connectivity index (χ4v) is 3.03. The number of alkyl halides is 3. The summed E-state index contributed by atoms with van der Waals surface area (Å²) in [6.07, 6.45) is -1.99. The van der Waals surface area contributed by atoms with Gasteiger partial charge in [-0.3, -0.25) is 15.1 Å². The van der Waals surface area contributed by atoms with E-state index in [1.54, 1.807) is 13.1 Å². The molecular formula is C15H15F3N8O2. The Balaban J connectivity index is 1.77. The van der Waals surface area contributed by atoms with Crippen LogP contribution in [0.4, 0.5) is 18.0 Å². The lowest BCUT2D eigenvalue weighted by atomic mass is 10.2. The van der Waals surface area contributed by atoms with E-state index in [0.29, 0.717) is 30.2 Å². The maximum atomic E-state index is 12.9. The van der Waals surface area contributed by atoms with Crippen molar-refractivity contribution in [3.8, 4) is 22.8 Å². The number of rotatable bonds is 3. The van der Waals surface area contributed by atoms with Crippen molar-refractivity contribution in [3.63, 3.8) is 0 Å². The first-order chi connectivity index (χ1) is 13.4. The molecule has 0 atom stereocenters. The zero-order valence-corrected chi connectivity index (χ0v) is 14.6. The number of nitrogens with one attached hydrogen (secondary N) is 2. The van der Waals surface area contributed by atoms with E-state index in [1.165, 1.54) is 11.1 Å². The second-order valence-corrected chi connectivity index (χ2v) is 5.99. The summed E-state index contributed by atoms with van der Waals surface area (Å²) in [7, 11) is 0. The van der Waals surface area contributed by atoms with Crippen LogP contribution >= 0.6 is 0 Å². The van der Waals surface area contributed by atoms with E-state index in [0.717, 1.165) is 0 Å². The van der Waals surface area contributed by atoms with Gasteiger partial charge in [0.2, 0.25) is 11.6 Å². The Hall–Kier alpha value is -3.38. The van der Waals surface area contributed by atoms with Gasteiger partial charge in [0, 0.05) is 24.8 Å². The highest BCUT2D eigenvalue weighted by molar-refractivity contribution is 5.75. The van der Waals surface area contributed by atoms with Crippen molar-refractivity contribution in [1.29, 1.82) is 0 Å². The van der Waals surface area contributed by atoms with Crippen LogP contribution in [-0.4, -0.2) is 59.1 Å². The molecule has 2 N–H and O–H groups in total. The highest BCUT2D eigenvalue weighted by Crippen LogP contribution is 2.34. The Morgan fingerprint density at radius 2 is 2.14 bits per heavy atom. The summed E-state index contributed by atoms with van der Waals surface area (Å²) in [4.78, 5) is 21.5. The van der Waals surface area contributed by atoms with Gasteiger partial charge in [0.15, 0.2) is 0 Å². The number of hydrogen-bond donors (Lipinski definition) is 2. The molecule has 0 unspecified atom stereocenters. The first-order valence-corrected chi connectivity index (χ1v) is 8.38. The number of fused-ring (bicyclic) bond motifs is 1. The third-order valence-electron chi connectivity index (χ3n) is 4.24. The van der Waals surface area contributed by atoms with Crippen LogP contribution in [0.2, 0.25) is 0 Å². The molecular weight excluding hydrogens is 381 g/mol. The molecule has 0 saturated heterocycles. The molecule has 3 aromatic rings. The predicted molar refractivity (Wildman–Crippen MR) is 87.6 cm³/mol. The Bertz CT molecular complexity index is 992. The summed E-state index contributed by atoms with van der Waals surface area (Å²) < 4.78 is 45.5. The highest BCUT2D eigenvalue weighted by Gasteiger charge is 2.36. The molecule has 4 heterocycles. The predicted octanol–water partition coefficient (Wildman–Crippen LogP) is 2.05. The maximum absolute atomic E-state index is 12.9. The fourth-order valence-electron chi connectivity index (χ4n) is 3.03. The maximum Gasteiger partial charge on any atom is 0.451 e. The van der Waals surface area contributed by atoms with E-state index in [-0.39, 0.29) is 24.7 Å². The highest BCUT2D eigenvalue weighted by atomic mass is 19.4. The molecule has 0 aliphatic carbocycles. The first kappa shape index (κ1) is 18.0. The van der Waals surface area contributed by atoms with Crippen LogP contribution in [0.5, 0.6) is 0 Å². The van der Waals surface area contributed by atoms with Crippen LogP contribution in [0, 0.1) is 0 Å². The quantitative estimate of drug-likeness (QED) is 0.700. The standard InChI is InChI=1S/C15H15F3N8O2/c1-2-28-14(27)25-3-4-26-9(7-25)21-10(11(26)8-5-19-20-6-8)12-22-13(24-23-12)15(16,17)18/h5-6H,2-4,7H2,1H3,(H,19,20)(H,22,23,24). The number of amides is 1. The van der Waals surface area contributed by atoms with Crippen LogP contribution in [0.15, 0.2) is 12.4 Å². The van der Waals surface area contributed by atoms with Gasteiger partial charge in [-0.05, 0) is 6.92 Å². The number of halogens is 3. The van der Waals surface area contributed by atoms with Crippen molar-refractivity contribution in [2.75, 3.05) is 13.2 Å². The number of H-pyrrole nitrogens is 2. The molecule has 1 aliphatic heterocycles. The summed E-state index contributed by atoms with van der Waals surface area (Å²) in [6, 6.07) is 0. The molecule has 0 aromatic carbocycles. The van der Waals surface area contributed by atoms with Gasteiger partial charge in [0.25, 0.3) is 0 Å². The molecule has 0 fully saturated rings. The summed E-state index contributed by atoms with van der Waals surface area (Å²) >= 11 is 0. The van der Waals surface area contributed by atoms with Crippen LogP contribution < -0.4 is 0 Å². The summed E-state index contributed by atoms with van der Waals surface area (Å²) in [5, 5.41) is 12.1. The monoisotopic (exact) mass is 396 g/mol. The molecule has 0 spiro atoms. The Kier molecular flexibility index (Phi) is 4.28. The number of ether oxygens (including phenoxy) is 1. The molecule has 0 saturated carbocycles. The molecule has 0 radical (unpaired) electrons. The van der Waals surface area contributed by atoms with Crippen molar-refractivity contribution in [3.05, 3.63) is 24.0 Å². The summed E-state index contributed by atoms with van der Waals surface area (Å²) in [5.74, 6) is -0.906. The lowest BCUT2D eigenvalue weighted by Gasteiger charge is -2.27. The number of aromatic amines is 2. The van der Waals surface area contributed by atoms with Crippen molar-refractivity contribution in [2.24, 2.45) is 0 Å². The van der Waals surface area contributed by atoms with Gasteiger partial charge >= 0.3 is 12.3 Å². The molecule has 10 nitrogen and oxygen atoms in total. The van der Waals surface area contributed by atoms with Gasteiger partial charge < -0.3 is 9.30 Å². The van der Waals surface area contributed by atoms with Crippen LogP contribution in [0.3, 0.4) is 0 Å². The molecule has 1 aliphatic rings. The number of imidazole rings is 1. The first-order valence-electron chi connectivity index (χ1n) is 8.38. The molecule has 4 rings (SSSR count). The second-order valence-electron chi connectivity index (χ2n) is 5.99. The van der Waals surface area contributed by atoms with E-state index < -0.39 is 18.1 Å². The average molecular weight is 396 g/mol.